The van der Waals surface area contributed by atoms with Gasteiger partial charge >= 0.3 is 5.97 Å². The average molecular weight is 357 g/mol. The number of carboxylic acids is 1. The van der Waals surface area contributed by atoms with Gasteiger partial charge in [-0.3, -0.25) is 4.79 Å². The summed E-state index contributed by atoms with van der Waals surface area (Å²) >= 11 is 0. The summed E-state index contributed by atoms with van der Waals surface area (Å²) in [4.78, 5) is 10.6. The summed E-state index contributed by atoms with van der Waals surface area (Å²) < 4.78 is 5.79. The fraction of sp³-hybridized carbons (Fsp3) is 0.130. The van der Waals surface area contributed by atoms with Crippen molar-refractivity contribution in [2.75, 3.05) is 0 Å². The maximum absolute atomic E-state index is 10.6. The van der Waals surface area contributed by atoms with E-state index in [1.165, 1.54) is 0 Å². The molecule has 0 aliphatic carbocycles. The Morgan fingerprint density at radius 2 is 1.59 bits per heavy atom. The van der Waals surface area contributed by atoms with E-state index < -0.39 is 5.97 Å². The lowest BCUT2D eigenvalue weighted by Gasteiger charge is -2.09. The molecule has 0 unspecified atom stereocenters. The summed E-state index contributed by atoms with van der Waals surface area (Å²) in [5.74, 6) is -0.0517. The lowest BCUT2D eigenvalue weighted by molar-refractivity contribution is -0.136. The average Bonchev–Trinajstić information content (AvgIpc) is 2.72. The van der Waals surface area contributed by atoms with Crippen molar-refractivity contribution in [1.29, 1.82) is 5.26 Å². The number of ether oxygens (including phenoxy) is 1. The standard InChI is InChI=1S/C23H19NO3/c24-15-20-3-1-2-4-22(20)19-10-5-18(6-11-19)16-27-21-12-7-17(8-13-21)9-14-23(25)26/h1-8,10-13H,9,14,16H2,(H,25,26). The van der Waals surface area contributed by atoms with Gasteiger partial charge in [-0.1, -0.05) is 54.6 Å². The third kappa shape index (κ3) is 4.96. The highest BCUT2D eigenvalue weighted by Gasteiger charge is 2.04. The van der Waals surface area contributed by atoms with Gasteiger partial charge in [-0.25, -0.2) is 0 Å². The molecule has 3 aromatic rings. The third-order valence-electron chi connectivity index (χ3n) is 4.27. The molecule has 4 nitrogen and oxygen atoms in total. The van der Waals surface area contributed by atoms with Gasteiger partial charge in [0.1, 0.15) is 12.4 Å². The van der Waals surface area contributed by atoms with E-state index in [4.69, 9.17) is 9.84 Å². The Kier molecular flexibility index (Phi) is 5.86. The minimum absolute atomic E-state index is 0.126. The zero-order valence-corrected chi connectivity index (χ0v) is 14.8. The van der Waals surface area contributed by atoms with Gasteiger partial charge in [-0.15, -0.1) is 0 Å². The van der Waals surface area contributed by atoms with Crippen LogP contribution in [-0.2, 0) is 17.8 Å². The van der Waals surface area contributed by atoms with Crippen LogP contribution in [0, 0.1) is 11.3 Å². The van der Waals surface area contributed by atoms with Crippen molar-refractivity contribution in [1.82, 2.24) is 0 Å². The van der Waals surface area contributed by atoms with Crippen molar-refractivity contribution in [3.8, 4) is 22.9 Å². The van der Waals surface area contributed by atoms with E-state index in [9.17, 15) is 10.1 Å². The first-order chi connectivity index (χ1) is 13.2. The Morgan fingerprint density at radius 1 is 0.926 bits per heavy atom. The number of carboxylic acid groups (broad SMARTS) is 1. The monoisotopic (exact) mass is 357 g/mol. The van der Waals surface area contributed by atoms with Crippen molar-refractivity contribution in [2.45, 2.75) is 19.4 Å². The molecular weight excluding hydrogens is 338 g/mol. The number of aliphatic carboxylic acids is 1. The number of benzene rings is 3. The normalized spacial score (nSPS) is 10.2. The van der Waals surface area contributed by atoms with Crippen molar-refractivity contribution >= 4 is 5.97 Å². The SMILES string of the molecule is N#Cc1ccccc1-c1ccc(COc2ccc(CCC(=O)O)cc2)cc1. The van der Waals surface area contributed by atoms with Crippen LogP contribution in [-0.4, -0.2) is 11.1 Å². The summed E-state index contributed by atoms with van der Waals surface area (Å²) in [6.45, 7) is 0.439. The van der Waals surface area contributed by atoms with Gasteiger partial charge in [0.25, 0.3) is 0 Å². The Bertz CT molecular complexity index is 954. The van der Waals surface area contributed by atoms with Crippen LogP contribution in [0.15, 0.2) is 72.8 Å². The molecule has 4 heteroatoms. The molecule has 0 fully saturated rings. The smallest absolute Gasteiger partial charge is 0.303 e. The fourth-order valence-electron chi connectivity index (χ4n) is 2.78. The van der Waals surface area contributed by atoms with E-state index in [1.807, 2.05) is 72.8 Å². The summed E-state index contributed by atoms with van der Waals surface area (Å²) in [5, 5.41) is 17.9. The van der Waals surface area contributed by atoms with Crippen LogP contribution in [0.5, 0.6) is 5.75 Å². The number of hydrogen-bond donors (Lipinski definition) is 1. The molecule has 0 aromatic heterocycles. The van der Waals surface area contributed by atoms with E-state index in [1.54, 1.807) is 0 Å². The van der Waals surface area contributed by atoms with Gasteiger partial charge in [-0.05, 0) is 46.9 Å². The van der Waals surface area contributed by atoms with E-state index in [2.05, 4.69) is 6.07 Å². The summed E-state index contributed by atoms with van der Waals surface area (Å²) in [6.07, 6.45) is 0.642. The molecule has 3 rings (SSSR count). The largest absolute Gasteiger partial charge is 0.489 e. The van der Waals surface area contributed by atoms with Gasteiger partial charge < -0.3 is 9.84 Å². The van der Waals surface area contributed by atoms with Gasteiger partial charge in [0.2, 0.25) is 0 Å². The topological polar surface area (TPSA) is 70.3 Å². The number of nitrogens with zero attached hydrogens (tertiary/aromatic N) is 1. The first-order valence-corrected chi connectivity index (χ1v) is 8.67. The second kappa shape index (κ2) is 8.68. The van der Waals surface area contributed by atoms with E-state index in [0.29, 0.717) is 18.6 Å². The Balaban J connectivity index is 1.60. The summed E-state index contributed by atoms with van der Waals surface area (Å²) in [5.41, 5.74) is 4.58. The van der Waals surface area contributed by atoms with Crippen molar-refractivity contribution in [3.05, 3.63) is 89.5 Å². The third-order valence-corrected chi connectivity index (χ3v) is 4.27. The molecule has 0 heterocycles. The van der Waals surface area contributed by atoms with Crippen LogP contribution in [0.2, 0.25) is 0 Å². The second-order valence-electron chi connectivity index (χ2n) is 6.18. The molecule has 0 radical (unpaired) electrons. The van der Waals surface area contributed by atoms with Crippen LogP contribution in [0.1, 0.15) is 23.1 Å². The van der Waals surface area contributed by atoms with E-state index >= 15 is 0 Å². The van der Waals surface area contributed by atoms with Crippen LogP contribution < -0.4 is 4.74 Å². The maximum atomic E-state index is 10.6. The molecule has 0 aliphatic rings. The molecule has 0 amide bonds. The molecule has 0 atom stereocenters. The number of nitriles is 1. The van der Waals surface area contributed by atoms with E-state index in [0.717, 1.165) is 28.0 Å². The van der Waals surface area contributed by atoms with Gasteiger partial charge in [-0.2, -0.15) is 5.26 Å². The van der Waals surface area contributed by atoms with Gasteiger partial charge in [0.15, 0.2) is 0 Å². The maximum Gasteiger partial charge on any atom is 0.303 e. The number of carbonyl (C=O) groups is 1. The molecule has 27 heavy (non-hydrogen) atoms. The number of aryl methyl sites for hydroxylation is 1. The van der Waals surface area contributed by atoms with Crippen molar-refractivity contribution < 1.29 is 14.6 Å². The molecule has 134 valence electrons. The minimum Gasteiger partial charge on any atom is -0.489 e. The molecule has 3 aromatic carbocycles. The van der Waals surface area contributed by atoms with Crippen LogP contribution in [0.3, 0.4) is 0 Å². The number of hydrogen-bond acceptors (Lipinski definition) is 3. The summed E-state index contributed by atoms with van der Waals surface area (Å²) in [7, 11) is 0. The molecule has 0 aliphatic heterocycles. The van der Waals surface area contributed by atoms with Crippen LogP contribution >= 0.6 is 0 Å². The first kappa shape index (κ1) is 18.2. The molecule has 0 bridgehead atoms. The van der Waals surface area contributed by atoms with Crippen molar-refractivity contribution in [3.63, 3.8) is 0 Å². The van der Waals surface area contributed by atoms with Gasteiger partial charge in [0.05, 0.1) is 11.6 Å². The predicted octanol–water partition coefficient (Wildman–Crippen LogP) is 4.82. The summed E-state index contributed by atoms with van der Waals surface area (Å²) in [6, 6.07) is 25.2. The quantitative estimate of drug-likeness (QED) is 0.658. The fourth-order valence-corrected chi connectivity index (χ4v) is 2.78. The molecule has 0 saturated carbocycles. The molecular formula is C23H19NO3. The zero-order chi connectivity index (χ0) is 19.1. The minimum atomic E-state index is -0.795. The Morgan fingerprint density at radius 3 is 2.26 bits per heavy atom. The predicted molar refractivity (Wildman–Crippen MR) is 103 cm³/mol. The highest BCUT2D eigenvalue weighted by Crippen LogP contribution is 2.24. The van der Waals surface area contributed by atoms with E-state index in [-0.39, 0.29) is 6.42 Å². The number of rotatable bonds is 7. The molecule has 0 spiro atoms. The van der Waals surface area contributed by atoms with Gasteiger partial charge in [0, 0.05) is 6.42 Å². The Labute approximate surface area is 158 Å². The van der Waals surface area contributed by atoms with Crippen molar-refractivity contribution in [2.24, 2.45) is 0 Å². The molecule has 1 N–H and O–H groups in total. The molecule has 0 saturated heterocycles. The second-order valence-corrected chi connectivity index (χ2v) is 6.18. The highest BCUT2D eigenvalue weighted by atomic mass is 16.5. The highest BCUT2D eigenvalue weighted by molar-refractivity contribution is 5.70. The van der Waals surface area contributed by atoms with Crippen LogP contribution in [0.25, 0.3) is 11.1 Å². The Hall–Kier alpha value is -3.58. The van der Waals surface area contributed by atoms with Crippen LogP contribution in [0.4, 0.5) is 0 Å². The first-order valence-electron chi connectivity index (χ1n) is 8.67. The zero-order valence-electron chi connectivity index (χ0n) is 14.8. The lowest BCUT2D eigenvalue weighted by Crippen LogP contribution is -1.98. The lowest BCUT2D eigenvalue weighted by atomic mass is 9.99.